The predicted molar refractivity (Wildman–Crippen MR) is 81.6 cm³/mol. The number of rotatable bonds is 4. The van der Waals surface area contributed by atoms with Crippen LogP contribution in [0, 0.1) is 18.6 Å². The van der Waals surface area contributed by atoms with Gasteiger partial charge in [0, 0.05) is 5.56 Å². The Balaban J connectivity index is 1.88. The van der Waals surface area contributed by atoms with Crippen LogP contribution >= 0.6 is 0 Å². The van der Waals surface area contributed by atoms with Gasteiger partial charge in [0.05, 0.1) is 4.90 Å². The van der Waals surface area contributed by atoms with Crippen LogP contribution < -0.4 is 4.72 Å². The number of hydrogen-bond donors (Lipinski definition) is 1. The second-order valence-corrected chi connectivity index (χ2v) is 6.59. The second-order valence-electron chi connectivity index (χ2n) is 4.93. The second kappa shape index (κ2) is 6.00. The lowest BCUT2D eigenvalue weighted by atomic mass is 10.2. The monoisotopic (exact) mass is 351 g/mol. The van der Waals surface area contributed by atoms with Gasteiger partial charge in [0.15, 0.2) is 0 Å². The Hall–Kier alpha value is -2.81. The largest absolute Gasteiger partial charge is 0.403 e. The molecule has 0 aliphatic carbocycles. The molecule has 3 aromatic rings. The van der Waals surface area contributed by atoms with Crippen LogP contribution in [0.15, 0.2) is 51.8 Å². The van der Waals surface area contributed by atoms with Crippen molar-refractivity contribution >= 4 is 16.0 Å². The molecule has 0 fully saturated rings. The Morgan fingerprint density at radius 1 is 1.00 bits per heavy atom. The van der Waals surface area contributed by atoms with E-state index in [4.69, 9.17) is 4.42 Å². The van der Waals surface area contributed by atoms with Gasteiger partial charge in [0.25, 0.3) is 10.0 Å². The quantitative estimate of drug-likeness (QED) is 0.781. The van der Waals surface area contributed by atoms with E-state index >= 15 is 0 Å². The SMILES string of the molecule is Cc1ccc(F)cc1S(=O)(=O)Nc1nnc(-c2ccc(F)cc2)o1. The summed E-state index contributed by atoms with van der Waals surface area (Å²) in [6, 6.07) is 8.27. The van der Waals surface area contributed by atoms with Gasteiger partial charge >= 0.3 is 6.01 Å². The zero-order valence-corrected chi connectivity index (χ0v) is 13.1. The Bertz CT molecular complexity index is 985. The Labute approximate surface area is 136 Å². The van der Waals surface area contributed by atoms with Gasteiger partial charge in [0.1, 0.15) is 11.6 Å². The van der Waals surface area contributed by atoms with Crippen LogP contribution in [0.1, 0.15) is 5.56 Å². The van der Waals surface area contributed by atoms with Crippen molar-refractivity contribution in [1.29, 1.82) is 0 Å². The zero-order chi connectivity index (χ0) is 17.3. The number of nitrogens with zero attached hydrogens (tertiary/aromatic N) is 2. The summed E-state index contributed by atoms with van der Waals surface area (Å²) in [5.74, 6) is -1.09. The summed E-state index contributed by atoms with van der Waals surface area (Å²) in [4.78, 5) is -0.232. The summed E-state index contributed by atoms with van der Waals surface area (Å²) in [6.07, 6.45) is 0. The number of sulfonamides is 1. The van der Waals surface area contributed by atoms with Gasteiger partial charge in [-0.15, -0.1) is 5.10 Å². The minimum Gasteiger partial charge on any atom is -0.403 e. The molecule has 2 aromatic carbocycles. The Kier molecular flexibility index (Phi) is 4.02. The highest BCUT2D eigenvalue weighted by atomic mass is 32.2. The van der Waals surface area contributed by atoms with Gasteiger partial charge in [-0.2, -0.15) is 0 Å². The molecule has 0 aliphatic heterocycles. The number of aryl methyl sites for hydroxylation is 1. The van der Waals surface area contributed by atoms with Crippen molar-refractivity contribution in [1.82, 2.24) is 10.2 Å². The van der Waals surface area contributed by atoms with Crippen molar-refractivity contribution in [2.24, 2.45) is 0 Å². The fourth-order valence-electron chi connectivity index (χ4n) is 2.01. The van der Waals surface area contributed by atoms with E-state index in [1.807, 2.05) is 0 Å². The topological polar surface area (TPSA) is 85.1 Å². The lowest BCUT2D eigenvalue weighted by Crippen LogP contribution is -2.14. The first-order valence-corrected chi connectivity index (χ1v) is 8.22. The normalized spacial score (nSPS) is 11.5. The van der Waals surface area contributed by atoms with Crippen molar-refractivity contribution in [3.8, 4) is 11.5 Å². The first-order chi connectivity index (χ1) is 11.3. The van der Waals surface area contributed by atoms with Gasteiger partial charge in [-0.05, 0) is 48.9 Å². The third-order valence-corrected chi connectivity index (χ3v) is 4.64. The minimum absolute atomic E-state index is 0.0173. The minimum atomic E-state index is -4.09. The van der Waals surface area contributed by atoms with E-state index in [1.165, 1.54) is 37.3 Å². The maximum Gasteiger partial charge on any atom is 0.330 e. The molecule has 1 heterocycles. The molecule has 1 aromatic heterocycles. The average Bonchev–Trinajstić information content (AvgIpc) is 2.98. The molecule has 0 aliphatic rings. The lowest BCUT2D eigenvalue weighted by Gasteiger charge is -2.07. The summed E-state index contributed by atoms with van der Waals surface area (Å²) < 4.78 is 58.1. The van der Waals surface area contributed by atoms with E-state index in [9.17, 15) is 17.2 Å². The van der Waals surface area contributed by atoms with Crippen molar-refractivity contribution in [2.45, 2.75) is 11.8 Å². The molecule has 0 atom stereocenters. The summed E-state index contributed by atoms with van der Waals surface area (Å²) in [7, 11) is -4.09. The van der Waals surface area contributed by atoms with E-state index in [-0.39, 0.29) is 16.8 Å². The number of halogens is 2. The summed E-state index contributed by atoms with van der Waals surface area (Å²) in [5, 5.41) is 7.28. The molecule has 9 heteroatoms. The van der Waals surface area contributed by atoms with E-state index in [1.54, 1.807) is 0 Å². The molecule has 0 saturated heterocycles. The number of anilines is 1. The lowest BCUT2D eigenvalue weighted by molar-refractivity contribution is 0.575. The number of nitrogens with one attached hydrogen (secondary N) is 1. The molecule has 124 valence electrons. The van der Waals surface area contributed by atoms with Gasteiger partial charge in [-0.25, -0.2) is 21.9 Å². The maximum absolute atomic E-state index is 13.3. The van der Waals surface area contributed by atoms with Crippen molar-refractivity contribution < 1.29 is 21.6 Å². The van der Waals surface area contributed by atoms with E-state index in [0.29, 0.717) is 11.1 Å². The fourth-order valence-corrected chi connectivity index (χ4v) is 3.19. The highest BCUT2D eigenvalue weighted by molar-refractivity contribution is 7.92. The molecule has 24 heavy (non-hydrogen) atoms. The molecular weight excluding hydrogens is 340 g/mol. The summed E-state index contributed by atoms with van der Waals surface area (Å²) >= 11 is 0. The highest BCUT2D eigenvalue weighted by Crippen LogP contribution is 2.23. The van der Waals surface area contributed by atoms with Gasteiger partial charge in [0.2, 0.25) is 5.89 Å². The predicted octanol–water partition coefficient (Wildman–Crippen LogP) is 3.12. The fraction of sp³-hybridized carbons (Fsp3) is 0.0667. The van der Waals surface area contributed by atoms with Crippen LogP contribution in [0.4, 0.5) is 14.8 Å². The van der Waals surface area contributed by atoms with E-state index < -0.39 is 21.7 Å². The molecule has 0 saturated carbocycles. The Morgan fingerprint density at radius 3 is 2.38 bits per heavy atom. The van der Waals surface area contributed by atoms with Crippen LogP contribution in [0.2, 0.25) is 0 Å². The molecule has 0 radical (unpaired) electrons. The van der Waals surface area contributed by atoms with Crippen LogP contribution in [0.5, 0.6) is 0 Å². The molecule has 0 bridgehead atoms. The first kappa shape index (κ1) is 16.1. The molecular formula is C15H11F2N3O3S. The highest BCUT2D eigenvalue weighted by Gasteiger charge is 2.21. The first-order valence-electron chi connectivity index (χ1n) is 6.73. The maximum atomic E-state index is 13.3. The van der Waals surface area contributed by atoms with Gasteiger partial charge in [-0.1, -0.05) is 11.2 Å². The molecule has 0 unspecified atom stereocenters. The number of hydrogen-bond acceptors (Lipinski definition) is 5. The van der Waals surface area contributed by atoms with Crippen LogP contribution in [-0.2, 0) is 10.0 Å². The van der Waals surface area contributed by atoms with Crippen LogP contribution in [0.25, 0.3) is 11.5 Å². The Morgan fingerprint density at radius 2 is 1.67 bits per heavy atom. The van der Waals surface area contributed by atoms with Crippen LogP contribution in [0.3, 0.4) is 0 Å². The summed E-state index contributed by atoms with van der Waals surface area (Å²) in [6.45, 7) is 1.53. The van der Waals surface area contributed by atoms with Crippen molar-refractivity contribution in [2.75, 3.05) is 4.72 Å². The zero-order valence-electron chi connectivity index (χ0n) is 12.3. The smallest absolute Gasteiger partial charge is 0.330 e. The van der Waals surface area contributed by atoms with Gasteiger partial charge in [-0.3, -0.25) is 0 Å². The number of aromatic nitrogens is 2. The molecule has 3 rings (SSSR count). The third-order valence-electron chi connectivity index (χ3n) is 3.18. The molecule has 0 spiro atoms. The molecule has 0 amide bonds. The van der Waals surface area contributed by atoms with Gasteiger partial charge < -0.3 is 4.42 Å². The van der Waals surface area contributed by atoms with Crippen molar-refractivity contribution in [3.63, 3.8) is 0 Å². The van der Waals surface area contributed by atoms with E-state index in [2.05, 4.69) is 14.9 Å². The summed E-state index contributed by atoms with van der Waals surface area (Å²) in [5.41, 5.74) is 0.790. The average molecular weight is 351 g/mol. The van der Waals surface area contributed by atoms with E-state index in [0.717, 1.165) is 12.1 Å². The molecule has 6 nitrogen and oxygen atoms in total. The number of benzene rings is 2. The van der Waals surface area contributed by atoms with Crippen molar-refractivity contribution in [3.05, 3.63) is 59.7 Å². The van der Waals surface area contributed by atoms with Crippen LogP contribution in [-0.4, -0.2) is 18.6 Å². The third kappa shape index (κ3) is 3.25. The molecule has 1 N–H and O–H groups in total. The standard InChI is InChI=1S/C15H11F2N3O3S/c1-9-2-5-12(17)8-13(9)24(21,22)20-15-19-18-14(23-15)10-3-6-11(16)7-4-10/h2-8H,1H3,(H,19,20).